The smallest absolute Gasteiger partial charge is 0.243 e. The summed E-state index contributed by atoms with van der Waals surface area (Å²) in [5, 5.41) is 1.84. The Hall–Kier alpha value is -2.79. The number of H-pyrrole nitrogens is 1. The van der Waals surface area contributed by atoms with Gasteiger partial charge in [-0.3, -0.25) is 9.59 Å². The zero-order valence-electron chi connectivity index (χ0n) is 16.7. The van der Waals surface area contributed by atoms with Gasteiger partial charge in [-0.25, -0.2) is 0 Å². The van der Waals surface area contributed by atoms with Crippen molar-refractivity contribution < 1.29 is 9.59 Å². The lowest BCUT2D eigenvalue weighted by atomic mass is 9.92. The largest absolute Gasteiger partial charge is 0.356 e. The highest BCUT2D eigenvalue weighted by molar-refractivity contribution is 6.31. The molecule has 0 spiro atoms. The number of aromatic amines is 1. The Kier molecular flexibility index (Phi) is 4.99. The Morgan fingerprint density at radius 3 is 2.67 bits per heavy atom. The van der Waals surface area contributed by atoms with E-state index in [-0.39, 0.29) is 24.4 Å². The Labute approximate surface area is 180 Å². The number of halogens is 1. The van der Waals surface area contributed by atoms with Crippen LogP contribution in [0.2, 0.25) is 5.02 Å². The fourth-order valence-electron chi connectivity index (χ4n) is 4.81. The summed E-state index contributed by atoms with van der Waals surface area (Å²) >= 11 is 6.59. The number of carbonyl (C=O) groups excluding carboxylic acids is 2. The second-order valence-electron chi connectivity index (χ2n) is 8.10. The van der Waals surface area contributed by atoms with Crippen LogP contribution < -0.4 is 0 Å². The van der Waals surface area contributed by atoms with E-state index >= 15 is 0 Å². The minimum atomic E-state index is -0.290. The molecular formula is C24H24ClN3O2. The molecule has 0 aliphatic carbocycles. The molecule has 1 fully saturated rings. The molecule has 30 heavy (non-hydrogen) atoms. The standard InChI is InChI=1S/C24H24ClN3O2/c25-19-9-3-1-8-18(19)24-23-17(16-7-2-4-10-20(16)26-23)12-14-28(24)22(30)15-27-13-6-5-11-21(27)29/h1-4,7-10,24,26H,5-6,11-15H2/t24-/m1/s1. The second-order valence-corrected chi connectivity index (χ2v) is 8.50. The maximum atomic E-state index is 13.4. The molecule has 0 saturated carbocycles. The van der Waals surface area contributed by atoms with Crippen LogP contribution in [-0.2, 0) is 16.0 Å². The third-order valence-corrected chi connectivity index (χ3v) is 6.65. The van der Waals surface area contributed by atoms with E-state index in [9.17, 15) is 9.59 Å². The van der Waals surface area contributed by atoms with Crippen molar-refractivity contribution in [1.82, 2.24) is 14.8 Å². The number of rotatable bonds is 3. The first-order valence-electron chi connectivity index (χ1n) is 10.5. The zero-order valence-corrected chi connectivity index (χ0v) is 17.5. The fourth-order valence-corrected chi connectivity index (χ4v) is 5.05. The van der Waals surface area contributed by atoms with Gasteiger partial charge in [-0.15, -0.1) is 0 Å². The summed E-state index contributed by atoms with van der Waals surface area (Å²) in [7, 11) is 0. The Bertz CT molecular complexity index is 1120. The number of hydrogen-bond donors (Lipinski definition) is 1. The van der Waals surface area contributed by atoms with Crippen molar-refractivity contribution in [2.45, 2.75) is 31.7 Å². The van der Waals surface area contributed by atoms with E-state index in [1.54, 1.807) is 4.90 Å². The number of nitrogens with zero attached hydrogens (tertiary/aromatic N) is 2. The van der Waals surface area contributed by atoms with Gasteiger partial charge in [-0.05, 0) is 42.5 Å². The Morgan fingerprint density at radius 2 is 1.83 bits per heavy atom. The van der Waals surface area contributed by atoms with Crippen LogP contribution in [0.3, 0.4) is 0 Å². The number of piperidine rings is 1. The van der Waals surface area contributed by atoms with Crippen LogP contribution in [0.25, 0.3) is 10.9 Å². The molecule has 3 heterocycles. The number of amides is 2. The van der Waals surface area contributed by atoms with Crippen molar-refractivity contribution >= 4 is 34.3 Å². The third-order valence-electron chi connectivity index (χ3n) is 6.30. The number of aromatic nitrogens is 1. The molecular weight excluding hydrogens is 398 g/mol. The van der Waals surface area contributed by atoms with Gasteiger partial charge in [0.1, 0.15) is 0 Å². The highest BCUT2D eigenvalue weighted by Gasteiger charge is 2.36. The van der Waals surface area contributed by atoms with Gasteiger partial charge in [0.15, 0.2) is 0 Å². The van der Waals surface area contributed by atoms with Crippen LogP contribution in [0, 0.1) is 0 Å². The lowest BCUT2D eigenvalue weighted by Crippen LogP contribution is -2.48. The molecule has 2 aliphatic rings. The van der Waals surface area contributed by atoms with E-state index in [0.717, 1.165) is 36.0 Å². The predicted octanol–water partition coefficient (Wildman–Crippen LogP) is 4.31. The maximum Gasteiger partial charge on any atom is 0.243 e. The minimum absolute atomic E-state index is 0.0283. The summed E-state index contributed by atoms with van der Waals surface area (Å²) in [6, 6.07) is 15.7. The van der Waals surface area contributed by atoms with Gasteiger partial charge in [-0.1, -0.05) is 48.0 Å². The zero-order chi connectivity index (χ0) is 20.7. The molecule has 5 nitrogen and oxygen atoms in total. The van der Waals surface area contributed by atoms with E-state index in [1.807, 2.05) is 41.3 Å². The first-order chi connectivity index (χ1) is 14.6. The summed E-state index contributed by atoms with van der Waals surface area (Å²) in [4.78, 5) is 32.8. The molecule has 2 aromatic carbocycles. The molecule has 2 aliphatic heterocycles. The summed E-state index contributed by atoms with van der Waals surface area (Å²) < 4.78 is 0. The first kappa shape index (κ1) is 19.2. The lowest BCUT2D eigenvalue weighted by Gasteiger charge is -2.38. The highest BCUT2D eigenvalue weighted by Crippen LogP contribution is 2.40. The Balaban J connectivity index is 1.56. The molecule has 1 atom stereocenters. The molecule has 2 amide bonds. The van der Waals surface area contributed by atoms with Crippen LogP contribution >= 0.6 is 11.6 Å². The van der Waals surface area contributed by atoms with Crippen molar-refractivity contribution in [3.8, 4) is 0 Å². The molecule has 1 aromatic heterocycles. The fraction of sp³-hybridized carbons (Fsp3) is 0.333. The molecule has 3 aromatic rings. The molecule has 0 unspecified atom stereocenters. The summed E-state index contributed by atoms with van der Waals surface area (Å²) in [5.74, 6) is 0.0479. The topological polar surface area (TPSA) is 56.4 Å². The van der Waals surface area contributed by atoms with Gasteiger partial charge in [-0.2, -0.15) is 0 Å². The molecule has 0 bridgehead atoms. The van der Waals surface area contributed by atoms with E-state index < -0.39 is 0 Å². The van der Waals surface area contributed by atoms with Crippen LogP contribution in [-0.4, -0.2) is 46.2 Å². The van der Waals surface area contributed by atoms with E-state index in [2.05, 4.69) is 17.1 Å². The van der Waals surface area contributed by atoms with Crippen molar-refractivity contribution in [3.05, 3.63) is 70.4 Å². The average molecular weight is 422 g/mol. The molecule has 0 radical (unpaired) electrons. The van der Waals surface area contributed by atoms with Crippen LogP contribution in [0.4, 0.5) is 0 Å². The summed E-state index contributed by atoms with van der Waals surface area (Å²) in [5.41, 5.74) is 4.24. The predicted molar refractivity (Wildman–Crippen MR) is 117 cm³/mol. The lowest BCUT2D eigenvalue weighted by molar-refractivity contribution is -0.143. The monoisotopic (exact) mass is 421 g/mol. The SMILES string of the molecule is O=C1CCCCN1CC(=O)N1CCc2c([nH]c3ccccc23)[C@H]1c1ccccc1Cl. The molecule has 5 rings (SSSR count). The second kappa shape index (κ2) is 7.80. The van der Waals surface area contributed by atoms with E-state index in [4.69, 9.17) is 11.6 Å². The summed E-state index contributed by atoms with van der Waals surface area (Å²) in [6.45, 7) is 1.40. The minimum Gasteiger partial charge on any atom is -0.356 e. The van der Waals surface area contributed by atoms with Crippen LogP contribution in [0.5, 0.6) is 0 Å². The highest BCUT2D eigenvalue weighted by atomic mass is 35.5. The number of para-hydroxylation sites is 1. The average Bonchev–Trinajstić information content (AvgIpc) is 3.14. The first-order valence-corrected chi connectivity index (χ1v) is 10.9. The number of benzene rings is 2. The molecule has 6 heteroatoms. The molecule has 1 saturated heterocycles. The van der Waals surface area contributed by atoms with Gasteiger partial charge in [0, 0.05) is 41.1 Å². The van der Waals surface area contributed by atoms with E-state index in [1.165, 1.54) is 10.9 Å². The number of carbonyl (C=O) groups is 2. The van der Waals surface area contributed by atoms with Gasteiger partial charge in [0.05, 0.1) is 12.6 Å². The quantitative estimate of drug-likeness (QED) is 0.685. The maximum absolute atomic E-state index is 13.4. The van der Waals surface area contributed by atoms with Crippen molar-refractivity contribution in [1.29, 1.82) is 0 Å². The van der Waals surface area contributed by atoms with Gasteiger partial charge >= 0.3 is 0 Å². The van der Waals surface area contributed by atoms with Crippen LogP contribution in [0.1, 0.15) is 42.1 Å². The van der Waals surface area contributed by atoms with Crippen LogP contribution in [0.15, 0.2) is 48.5 Å². The third kappa shape index (κ3) is 3.27. The van der Waals surface area contributed by atoms with Gasteiger partial charge < -0.3 is 14.8 Å². The van der Waals surface area contributed by atoms with Gasteiger partial charge in [0.25, 0.3) is 0 Å². The number of nitrogens with one attached hydrogen (secondary N) is 1. The number of fused-ring (bicyclic) bond motifs is 3. The van der Waals surface area contributed by atoms with E-state index in [0.29, 0.717) is 24.5 Å². The Morgan fingerprint density at radius 1 is 1.03 bits per heavy atom. The van der Waals surface area contributed by atoms with Crippen molar-refractivity contribution in [2.75, 3.05) is 19.6 Å². The summed E-state index contributed by atoms with van der Waals surface area (Å²) in [6.07, 6.45) is 3.18. The van der Waals surface area contributed by atoms with Crippen molar-refractivity contribution in [3.63, 3.8) is 0 Å². The molecule has 1 N–H and O–H groups in total. The normalized spacial score (nSPS) is 19.2. The number of likely N-dealkylation sites (tertiary alicyclic amines) is 1. The molecule has 154 valence electrons. The number of hydrogen-bond acceptors (Lipinski definition) is 2. The van der Waals surface area contributed by atoms with Crippen molar-refractivity contribution in [2.24, 2.45) is 0 Å². The van der Waals surface area contributed by atoms with Gasteiger partial charge in [0.2, 0.25) is 11.8 Å².